The summed E-state index contributed by atoms with van der Waals surface area (Å²) in [6.45, 7) is 0. The average Bonchev–Trinajstić information content (AvgIpc) is 3.78. The molecule has 11 aromatic rings. The van der Waals surface area contributed by atoms with Crippen molar-refractivity contribution in [2.45, 2.75) is 0 Å². The van der Waals surface area contributed by atoms with Gasteiger partial charge in [-0.3, -0.25) is 0 Å². The van der Waals surface area contributed by atoms with Crippen molar-refractivity contribution in [3.05, 3.63) is 170 Å². The highest BCUT2D eigenvalue weighted by molar-refractivity contribution is 6.19. The SMILES string of the molecule is c1ccc(-c2cc(-c3ccc4oc5ccccc5c4c3)nc(-c3cc4c5ccc(-c6ccc7ccccc7c6)cc5oc4c4ccccc34)n2)cc1. The lowest BCUT2D eigenvalue weighted by molar-refractivity contribution is 0.669. The maximum Gasteiger partial charge on any atom is 0.161 e. The molecule has 0 spiro atoms. The maximum atomic E-state index is 6.71. The molecule has 0 N–H and O–H groups in total. The van der Waals surface area contributed by atoms with Crippen LogP contribution in [0.2, 0.25) is 0 Å². The van der Waals surface area contributed by atoms with E-state index in [2.05, 4.69) is 127 Å². The quantitative estimate of drug-likeness (QED) is 0.188. The normalized spacial score (nSPS) is 11.8. The summed E-state index contributed by atoms with van der Waals surface area (Å²) in [5, 5.41) is 8.76. The van der Waals surface area contributed by atoms with Crippen molar-refractivity contribution in [3.63, 3.8) is 0 Å². The van der Waals surface area contributed by atoms with E-state index in [1.165, 1.54) is 10.8 Å². The molecular formula is C48H28N2O2. The number of benzene rings is 8. The van der Waals surface area contributed by atoms with Crippen molar-refractivity contribution >= 4 is 65.4 Å². The molecule has 4 nitrogen and oxygen atoms in total. The zero-order chi connectivity index (χ0) is 34.2. The standard InChI is InChI=1S/C48H28N2O2/c1-2-11-30(12-3-1)42-28-43(34-21-23-45-39(25-34)36-15-8-9-17-44(36)51-45)50-48(49-42)41-27-40-37-22-20-33(32-19-18-29-10-4-5-13-31(29)24-32)26-46(37)52-47(40)38-16-7-6-14-35(38)41/h1-28H. The summed E-state index contributed by atoms with van der Waals surface area (Å²) in [6.07, 6.45) is 0. The van der Waals surface area contributed by atoms with Gasteiger partial charge in [-0.05, 0) is 81.9 Å². The van der Waals surface area contributed by atoms with E-state index in [0.717, 1.165) is 93.9 Å². The van der Waals surface area contributed by atoms with Gasteiger partial charge in [0.15, 0.2) is 5.82 Å². The lowest BCUT2D eigenvalue weighted by Gasteiger charge is -2.12. The molecule has 0 amide bonds. The molecule has 0 saturated heterocycles. The Balaban J connectivity index is 1.12. The van der Waals surface area contributed by atoms with E-state index >= 15 is 0 Å². The molecule has 8 aromatic carbocycles. The molecule has 11 rings (SSSR count). The van der Waals surface area contributed by atoms with Crippen LogP contribution in [0.25, 0.3) is 110 Å². The molecule has 242 valence electrons. The summed E-state index contributed by atoms with van der Waals surface area (Å²) in [5.74, 6) is 0.661. The number of aromatic nitrogens is 2. The second kappa shape index (κ2) is 11.2. The third kappa shape index (κ3) is 4.55. The molecule has 3 aromatic heterocycles. The Morgan fingerprint density at radius 3 is 1.87 bits per heavy atom. The Bertz CT molecular complexity index is 3190. The Kier molecular flexibility index (Phi) is 6.22. The Labute approximate surface area is 298 Å². The van der Waals surface area contributed by atoms with Crippen LogP contribution in [-0.2, 0) is 0 Å². The molecular weight excluding hydrogens is 637 g/mol. The van der Waals surface area contributed by atoms with Crippen LogP contribution in [0, 0.1) is 0 Å². The molecule has 0 aliphatic heterocycles. The minimum absolute atomic E-state index is 0.661. The third-order valence-corrected chi connectivity index (χ3v) is 10.3. The number of nitrogens with zero attached hydrogens (tertiary/aromatic N) is 2. The van der Waals surface area contributed by atoms with Gasteiger partial charge in [0, 0.05) is 43.6 Å². The molecule has 0 saturated carbocycles. The van der Waals surface area contributed by atoms with Gasteiger partial charge in [-0.25, -0.2) is 9.97 Å². The van der Waals surface area contributed by atoms with Gasteiger partial charge in [-0.2, -0.15) is 0 Å². The van der Waals surface area contributed by atoms with Crippen molar-refractivity contribution in [1.82, 2.24) is 9.97 Å². The predicted octanol–water partition coefficient (Wildman–Crippen LogP) is 13.2. The maximum absolute atomic E-state index is 6.71. The molecule has 0 aliphatic rings. The molecule has 0 radical (unpaired) electrons. The monoisotopic (exact) mass is 664 g/mol. The van der Waals surface area contributed by atoms with Gasteiger partial charge < -0.3 is 8.83 Å². The summed E-state index contributed by atoms with van der Waals surface area (Å²) in [7, 11) is 0. The molecule has 0 fully saturated rings. The first kappa shape index (κ1) is 28.8. The largest absolute Gasteiger partial charge is 0.456 e. The summed E-state index contributed by atoms with van der Waals surface area (Å²) in [6, 6.07) is 59.1. The highest BCUT2D eigenvalue weighted by Crippen LogP contribution is 2.41. The number of fused-ring (bicyclic) bond motifs is 9. The van der Waals surface area contributed by atoms with Gasteiger partial charge >= 0.3 is 0 Å². The highest BCUT2D eigenvalue weighted by atomic mass is 16.3. The number of furan rings is 2. The molecule has 0 unspecified atom stereocenters. The predicted molar refractivity (Wildman–Crippen MR) is 213 cm³/mol. The van der Waals surface area contributed by atoms with Crippen LogP contribution in [-0.4, -0.2) is 9.97 Å². The van der Waals surface area contributed by atoms with Gasteiger partial charge in [0.05, 0.1) is 11.4 Å². The second-order valence-corrected chi connectivity index (χ2v) is 13.4. The first-order valence-electron chi connectivity index (χ1n) is 17.5. The van der Waals surface area contributed by atoms with Crippen molar-refractivity contribution in [3.8, 4) is 45.0 Å². The van der Waals surface area contributed by atoms with Gasteiger partial charge in [0.2, 0.25) is 0 Å². The molecule has 52 heavy (non-hydrogen) atoms. The summed E-state index contributed by atoms with van der Waals surface area (Å²) in [4.78, 5) is 10.5. The van der Waals surface area contributed by atoms with E-state index in [1.807, 2.05) is 42.5 Å². The number of hydrogen-bond donors (Lipinski definition) is 0. The number of para-hydroxylation sites is 1. The zero-order valence-electron chi connectivity index (χ0n) is 27.9. The van der Waals surface area contributed by atoms with E-state index in [9.17, 15) is 0 Å². The van der Waals surface area contributed by atoms with Crippen molar-refractivity contribution in [1.29, 1.82) is 0 Å². The smallest absolute Gasteiger partial charge is 0.161 e. The van der Waals surface area contributed by atoms with Gasteiger partial charge in [0.25, 0.3) is 0 Å². The topological polar surface area (TPSA) is 52.1 Å². The fourth-order valence-electron chi connectivity index (χ4n) is 7.69. The fourth-order valence-corrected chi connectivity index (χ4v) is 7.69. The molecule has 3 heterocycles. The van der Waals surface area contributed by atoms with Crippen molar-refractivity contribution in [2.75, 3.05) is 0 Å². The van der Waals surface area contributed by atoms with Crippen LogP contribution >= 0.6 is 0 Å². The summed E-state index contributed by atoms with van der Waals surface area (Å²) < 4.78 is 12.9. The van der Waals surface area contributed by atoms with E-state index in [0.29, 0.717) is 5.82 Å². The fraction of sp³-hybridized carbons (Fsp3) is 0. The summed E-state index contributed by atoms with van der Waals surface area (Å²) in [5.41, 5.74) is 10.4. The van der Waals surface area contributed by atoms with Gasteiger partial charge in [-0.15, -0.1) is 0 Å². The third-order valence-electron chi connectivity index (χ3n) is 10.3. The van der Waals surface area contributed by atoms with E-state index in [4.69, 9.17) is 18.8 Å². The van der Waals surface area contributed by atoms with E-state index < -0.39 is 0 Å². The number of rotatable bonds is 4. The molecule has 4 heteroatoms. The van der Waals surface area contributed by atoms with E-state index in [1.54, 1.807) is 0 Å². The molecule has 0 aliphatic carbocycles. The van der Waals surface area contributed by atoms with Crippen LogP contribution in [0.4, 0.5) is 0 Å². The molecule has 0 bridgehead atoms. The minimum Gasteiger partial charge on any atom is -0.456 e. The lowest BCUT2D eigenvalue weighted by atomic mass is 9.97. The average molecular weight is 665 g/mol. The number of hydrogen-bond acceptors (Lipinski definition) is 4. The highest BCUT2D eigenvalue weighted by Gasteiger charge is 2.19. The van der Waals surface area contributed by atoms with Crippen LogP contribution in [0.3, 0.4) is 0 Å². The first-order chi connectivity index (χ1) is 25.7. The Morgan fingerprint density at radius 1 is 0.327 bits per heavy atom. The summed E-state index contributed by atoms with van der Waals surface area (Å²) >= 11 is 0. The van der Waals surface area contributed by atoms with Crippen molar-refractivity contribution < 1.29 is 8.83 Å². The zero-order valence-corrected chi connectivity index (χ0v) is 27.9. The Morgan fingerprint density at radius 2 is 0.981 bits per heavy atom. The van der Waals surface area contributed by atoms with Crippen LogP contribution in [0.1, 0.15) is 0 Å². The van der Waals surface area contributed by atoms with Gasteiger partial charge in [-0.1, -0.05) is 115 Å². The van der Waals surface area contributed by atoms with Crippen molar-refractivity contribution in [2.24, 2.45) is 0 Å². The van der Waals surface area contributed by atoms with Crippen LogP contribution in [0.15, 0.2) is 179 Å². The lowest BCUT2D eigenvalue weighted by Crippen LogP contribution is -1.96. The Hall–Kier alpha value is -7.04. The van der Waals surface area contributed by atoms with Crippen LogP contribution < -0.4 is 0 Å². The molecule has 0 atom stereocenters. The van der Waals surface area contributed by atoms with Gasteiger partial charge in [0.1, 0.15) is 22.3 Å². The first-order valence-corrected chi connectivity index (χ1v) is 17.5. The second-order valence-electron chi connectivity index (χ2n) is 13.4. The van der Waals surface area contributed by atoms with Crippen LogP contribution in [0.5, 0.6) is 0 Å². The van der Waals surface area contributed by atoms with E-state index in [-0.39, 0.29) is 0 Å². The minimum atomic E-state index is 0.661.